The molecule has 0 radical (unpaired) electrons. The molecule has 1 unspecified atom stereocenters. The zero-order chi connectivity index (χ0) is 12.4. The lowest BCUT2D eigenvalue weighted by Gasteiger charge is -2.27. The molecule has 0 bridgehead atoms. The van der Waals surface area contributed by atoms with Gasteiger partial charge in [-0.05, 0) is 37.3 Å². The molecule has 1 atom stereocenters. The molecule has 4 heteroatoms. The average molecular weight is 270 g/mol. The number of thioether (sulfide) groups is 1. The van der Waals surface area contributed by atoms with Crippen molar-refractivity contribution >= 4 is 34.8 Å². The zero-order valence-corrected chi connectivity index (χ0v) is 11.6. The van der Waals surface area contributed by atoms with E-state index in [4.69, 9.17) is 11.6 Å². The molecule has 2 rings (SSSR count). The number of ketones is 1. The lowest BCUT2D eigenvalue weighted by atomic mass is 10.1. The largest absolute Gasteiger partial charge is 0.370 e. The fraction of sp³-hybridized carbons (Fsp3) is 0.462. The number of hydrogen-bond donors (Lipinski definition) is 0. The predicted molar refractivity (Wildman–Crippen MR) is 75.6 cm³/mol. The number of carbonyl (C=O) groups excluding carboxylic acids is 1. The van der Waals surface area contributed by atoms with E-state index in [-0.39, 0.29) is 5.78 Å². The van der Waals surface area contributed by atoms with E-state index in [2.05, 4.69) is 11.9 Å². The fourth-order valence-electron chi connectivity index (χ4n) is 2.04. The first-order valence-corrected chi connectivity index (χ1v) is 7.24. The summed E-state index contributed by atoms with van der Waals surface area (Å²) in [4.78, 5) is 13.5. The second-order valence-corrected chi connectivity index (χ2v) is 5.91. The summed E-state index contributed by atoms with van der Waals surface area (Å²) in [5.74, 6) is 2.43. The van der Waals surface area contributed by atoms with E-state index in [1.165, 1.54) is 12.2 Å². The van der Waals surface area contributed by atoms with Crippen molar-refractivity contribution in [1.29, 1.82) is 0 Å². The Kier molecular flexibility index (Phi) is 4.00. The smallest absolute Gasteiger partial charge is 0.159 e. The number of anilines is 1. The molecule has 2 nitrogen and oxygen atoms in total. The third kappa shape index (κ3) is 2.78. The number of rotatable bonds is 3. The summed E-state index contributed by atoms with van der Waals surface area (Å²) >= 11 is 8.23. The van der Waals surface area contributed by atoms with E-state index in [1.807, 2.05) is 23.9 Å². The van der Waals surface area contributed by atoms with Crippen LogP contribution in [0.3, 0.4) is 0 Å². The van der Waals surface area contributed by atoms with Crippen LogP contribution in [0.5, 0.6) is 0 Å². The zero-order valence-electron chi connectivity index (χ0n) is 10.1. The Morgan fingerprint density at radius 1 is 1.53 bits per heavy atom. The first-order valence-electron chi connectivity index (χ1n) is 5.70. The van der Waals surface area contributed by atoms with Crippen LogP contribution in [0.15, 0.2) is 18.2 Å². The minimum absolute atomic E-state index is 0.0533. The standard InChI is InChI=1S/C13H16ClNOS/c1-9(16)10-3-4-13(12(14)7-10)15(2)11-5-6-17-8-11/h3-4,7,11H,5-6,8H2,1-2H3. The van der Waals surface area contributed by atoms with Gasteiger partial charge in [0.25, 0.3) is 0 Å². The van der Waals surface area contributed by atoms with E-state index in [9.17, 15) is 4.79 Å². The summed E-state index contributed by atoms with van der Waals surface area (Å²) in [7, 11) is 2.07. The van der Waals surface area contributed by atoms with Gasteiger partial charge in [-0.1, -0.05) is 11.6 Å². The molecule has 1 saturated heterocycles. The second kappa shape index (κ2) is 5.32. The maximum Gasteiger partial charge on any atom is 0.159 e. The van der Waals surface area contributed by atoms with Gasteiger partial charge in [0.2, 0.25) is 0 Å². The quantitative estimate of drug-likeness (QED) is 0.784. The highest BCUT2D eigenvalue weighted by atomic mass is 35.5. The minimum Gasteiger partial charge on any atom is -0.370 e. The van der Waals surface area contributed by atoms with Crippen molar-refractivity contribution in [2.75, 3.05) is 23.5 Å². The predicted octanol–water partition coefficient (Wildman–Crippen LogP) is 3.48. The van der Waals surface area contributed by atoms with Gasteiger partial charge in [0.15, 0.2) is 5.78 Å². The van der Waals surface area contributed by atoms with E-state index in [1.54, 1.807) is 13.0 Å². The molecule has 0 aromatic heterocycles. The van der Waals surface area contributed by atoms with Crippen LogP contribution in [0.25, 0.3) is 0 Å². The molecule has 0 aliphatic carbocycles. The molecule has 1 heterocycles. The van der Waals surface area contributed by atoms with Gasteiger partial charge in [0, 0.05) is 24.4 Å². The van der Waals surface area contributed by atoms with Crippen LogP contribution >= 0.6 is 23.4 Å². The molecule has 1 aliphatic heterocycles. The van der Waals surface area contributed by atoms with Crippen LogP contribution < -0.4 is 4.90 Å². The summed E-state index contributed by atoms with van der Waals surface area (Å²) in [6.45, 7) is 1.56. The summed E-state index contributed by atoms with van der Waals surface area (Å²) in [6.07, 6.45) is 1.20. The third-order valence-electron chi connectivity index (χ3n) is 3.19. The van der Waals surface area contributed by atoms with Gasteiger partial charge in [-0.3, -0.25) is 4.79 Å². The Morgan fingerprint density at radius 2 is 2.29 bits per heavy atom. The molecule has 0 saturated carbocycles. The molecule has 1 aromatic rings. The molecule has 1 aromatic carbocycles. The molecule has 0 amide bonds. The molecule has 92 valence electrons. The second-order valence-electron chi connectivity index (χ2n) is 4.35. The highest BCUT2D eigenvalue weighted by Crippen LogP contribution is 2.31. The number of hydrogen-bond acceptors (Lipinski definition) is 3. The van der Waals surface area contributed by atoms with Gasteiger partial charge < -0.3 is 4.90 Å². The van der Waals surface area contributed by atoms with Gasteiger partial charge in [0.05, 0.1) is 10.7 Å². The topological polar surface area (TPSA) is 20.3 Å². The van der Waals surface area contributed by atoms with Gasteiger partial charge in [-0.2, -0.15) is 11.8 Å². The Bertz CT molecular complexity index is 429. The van der Waals surface area contributed by atoms with Crippen molar-refractivity contribution in [3.05, 3.63) is 28.8 Å². The van der Waals surface area contributed by atoms with Crippen LogP contribution in [-0.4, -0.2) is 30.4 Å². The van der Waals surface area contributed by atoms with Crippen molar-refractivity contribution in [2.24, 2.45) is 0 Å². The lowest BCUT2D eigenvalue weighted by Crippen LogP contribution is -2.31. The Hall–Kier alpha value is -0.670. The van der Waals surface area contributed by atoms with Gasteiger partial charge >= 0.3 is 0 Å². The van der Waals surface area contributed by atoms with Crippen molar-refractivity contribution in [3.8, 4) is 0 Å². The Labute approximate surface area is 111 Å². The number of Topliss-reactive ketones (excluding diaryl/α,β-unsaturated/α-hetero) is 1. The fourth-order valence-corrected chi connectivity index (χ4v) is 3.62. The SMILES string of the molecule is CC(=O)c1ccc(N(C)C2CCSC2)c(Cl)c1. The van der Waals surface area contributed by atoms with Crippen molar-refractivity contribution in [3.63, 3.8) is 0 Å². The normalized spacial score (nSPS) is 19.4. The number of nitrogens with zero attached hydrogens (tertiary/aromatic N) is 1. The van der Waals surface area contributed by atoms with E-state index in [0.29, 0.717) is 16.6 Å². The summed E-state index contributed by atoms with van der Waals surface area (Å²) in [6, 6.07) is 6.11. The first kappa shape index (κ1) is 12.8. The maximum absolute atomic E-state index is 11.3. The van der Waals surface area contributed by atoms with Crippen LogP contribution in [0, 0.1) is 0 Å². The highest BCUT2D eigenvalue weighted by molar-refractivity contribution is 7.99. The summed E-state index contributed by atoms with van der Waals surface area (Å²) < 4.78 is 0. The van der Waals surface area contributed by atoms with E-state index < -0.39 is 0 Å². The Morgan fingerprint density at radius 3 is 2.82 bits per heavy atom. The van der Waals surface area contributed by atoms with Gasteiger partial charge in [0.1, 0.15) is 0 Å². The average Bonchev–Trinajstić information content (AvgIpc) is 2.81. The number of benzene rings is 1. The molecule has 0 spiro atoms. The first-order chi connectivity index (χ1) is 8.09. The van der Waals surface area contributed by atoms with Crippen LogP contribution in [0.2, 0.25) is 5.02 Å². The lowest BCUT2D eigenvalue weighted by molar-refractivity contribution is 0.101. The maximum atomic E-state index is 11.3. The monoisotopic (exact) mass is 269 g/mol. The van der Waals surface area contributed by atoms with E-state index >= 15 is 0 Å². The number of carbonyl (C=O) groups is 1. The van der Waals surface area contributed by atoms with Crippen LogP contribution in [0.4, 0.5) is 5.69 Å². The molecular formula is C13H16ClNOS. The van der Waals surface area contributed by atoms with Crippen molar-refractivity contribution in [2.45, 2.75) is 19.4 Å². The van der Waals surface area contributed by atoms with Crippen LogP contribution in [0.1, 0.15) is 23.7 Å². The third-order valence-corrected chi connectivity index (χ3v) is 4.64. The number of halogens is 1. The van der Waals surface area contributed by atoms with Crippen molar-refractivity contribution in [1.82, 2.24) is 0 Å². The van der Waals surface area contributed by atoms with Crippen LogP contribution in [-0.2, 0) is 0 Å². The molecule has 0 N–H and O–H groups in total. The molecule has 1 fully saturated rings. The molecule has 1 aliphatic rings. The summed E-state index contributed by atoms with van der Waals surface area (Å²) in [5.41, 5.74) is 1.69. The van der Waals surface area contributed by atoms with Gasteiger partial charge in [-0.25, -0.2) is 0 Å². The Balaban J connectivity index is 2.23. The van der Waals surface area contributed by atoms with Gasteiger partial charge in [-0.15, -0.1) is 0 Å². The summed E-state index contributed by atoms with van der Waals surface area (Å²) in [5, 5.41) is 0.664. The minimum atomic E-state index is 0.0533. The highest BCUT2D eigenvalue weighted by Gasteiger charge is 2.21. The van der Waals surface area contributed by atoms with E-state index in [0.717, 1.165) is 11.4 Å². The van der Waals surface area contributed by atoms with Crippen molar-refractivity contribution < 1.29 is 4.79 Å². The molecule has 17 heavy (non-hydrogen) atoms. The molecular weight excluding hydrogens is 254 g/mol.